The van der Waals surface area contributed by atoms with Crippen LogP contribution in [0.25, 0.3) is 11.1 Å². The molecule has 7 nitrogen and oxygen atoms in total. The fraction of sp³-hybridized carbons (Fsp3) is 0.238. The number of thiophene rings is 1. The number of methoxy groups -OCH3 is 1. The van der Waals surface area contributed by atoms with Gasteiger partial charge in [-0.15, -0.1) is 11.3 Å². The first-order valence-corrected chi connectivity index (χ1v) is 10.1. The SMILES string of the molecule is CCOC(=O)c1c(-c2ccc(OC)cc2)csc1NC(=O)C[NH2+]Cc1ccco1. The lowest BCUT2D eigenvalue weighted by Crippen LogP contribution is -2.84. The van der Waals surface area contributed by atoms with Crippen molar-refractivity contribution in [1.82, 2.24) is 0 Å². The molecule has 0 fully saturated rings. The van der Waals surface area contributed by atoms with E-state index < -0.39 is 5.97 Å². The van der Waals surface area contributed by atoms with E-state index in [1.54, 1.807) is 26.4 Å². The maximum absolute atomic E-state index is 12.6. The van der Waals surface area contributed by atoms with Gasteiger partial charge >= 0.3 is 5.97 Å². The highest BCUT2D eigenvalue weighted by Crippen LogP contribution is 2.36. The molecule has 152 valence electrons. The molecular weight excluding hydrogens is 392 g/mol. The lowest BCUT2D eigenvalue weighted by atomic mass is 10.0. The molecule has 0 atom stereocenters. The molecule has 0 unspecified atom stereocenters. The predicted molar refractivity (Wildman–Crippen MR) is 110 cm³/mol. The zero-order valence-electron chi connectivity index (χ0n) is 16.3. The Balaban J connectivity index is 1.75. The van der Waals surface area contributed by atoms with Crippen molar-refractivity contribution >= 4 is 28.2 Å². The Labute approximate surface area is 172 Å². The highest BCUT2D eigenvalue weighted by Gasteiger charge is 2.23. The highest BCUT2D eigenvalue weighted by molar-refractivity contribution is 7.15. The van der Waals surface area contributed by atoms with Crippen LogP contribution in [-0.2, 0) is 16.1 Å². The number of quaternary nitrogens is 1. The largest absolute Gasteiger partial charge is 0.497 e. The summed E-state index contributed by atoms with van der Waals surface area (Å²) in [5.41, 5.74) is 1.92. The van der Waals surface area contributed by atoms with E-state index in [0.717, 1.165) is 17.1 Å². The Hall–Kier alpha value is -3.10. The van der Waals surface area contributed by atoms with Crippen LogP contribution in [-0.4, -0.2) is 32.1 Å². The number of hydrogen-bond acceptors (Lipinski definition) is 6. The van der Waals surface area contributed by atoms with Crippen LogP contribution in [0.5, 0.6) is 5.75 Å². The molecule has 0 saturated heterocycles. The van der Waals surface area contributed by atoms with Gasteiger partial charge in [0, 0.05) is 10.9 Å². The molecule has 29 heavy (non-hydrogen) atoms. The summed E-state index contributed by atoms with van der Waals surface area (Å²) in [6, 6.07) is 11.0. The van der Waals surface area contributed by atoms with Crippen molar-refractivity contribution in [3.63, 3.8) is 0 Å². The van der Waals surface area contributed by atoms with Gasteiger partial charge in [-0.1, -0.05) is 12.1 Å². The lowest BCUT2D eigenvalue weighted by Gasteiger charge is -2.09. The fourth-order valence-electron chi connectivity index (χ4n) is 2.79. The molecule has 1 amide bonds. The first-order chi connectivity index (χ1) is 14.1. The van der Waals surface area contributed by atoms with E-state index in [4.69, 9.17) is 13.9 Å². The minimum absolute atomic E-state index is 0.203. The van der Waals surface area contributed by atoms with Crippen LogP contribution in [0.1, 0.15) is 23.0 Å². The zero-order chi connectivity index (χ0) is 20.6. The number of furan rings is 1. The molecule has 0 aliphatic heterocycles. The number of anilines is 1. The topological polar surface area (TPSA) is 94.4 Å². The van der Waals surface area contributed by atoms with Crippen molar-refractivity contribution in [2.45, 2.75) is 13.5 Å². The average Bonchev–Trinajstić information content (AvgIpc) is 3.38. The van der Waals surface area contributed by atoms with Crippen LogP contribution in [0, 0.1) is 0 Å². The second-order valence-corrected chi connectivity index (χ2v) is 7.01. The van der Waals surface area contributed by atoms with E-state index in [1.165, 1.54) is 11.3 Å². The maximum Gasteiger partial charge on any atom is 0.341 e. The molecule has 1 aromatic carbocycles. The van der Waals surface area contributed by atoms with Crippen molar-refractivity contribution in [3.05, 3.63) is 59.4 Å². The first-order valence-electron chi connectivity index (χ1n) is 9.19. The molecule has 3 rings (SSSR count). The zero-order valence-corrected chi connectivity index (χ0v) is 17.1. The molecule has 0 bridgehead atoms. The van der Waals surface area contributed by atoms with Gasteiger partial charge in [-0.25, -0.2) is 4.79 Å². The first kappa shape index (κ1) is 20.6. The van der Waals surface area contributed by atoms with Crippen LogP contribution >= 0.6 is 11.3 Å². The van der Waals surface area contributed by atoms with Gasteiger partial charge in [-0.05, 0) is 36.8 Å². The van der Waals surface area contributed by atoms with Gasteiger partial charge in [0.05, 0.1) is 20.0 Å². The second kappa shape index (κ2) is 9.90. The van der Waals surface area contributed by atoms with Gasteiger partial charge in [0.15, 0.2) is 12.3 Å². The van der Waals surface area contributed by atoms with E-state index in [1.807, 2.05) is 41.0 Å². The van der Waals surface area contributed by atoms with E-state index >= 15 is 0 Å². The van der Waals surface area contributed by atoms with Crippen molar-refractivity contribution < 1.29 is 28.8 Å². The summed E-state index contributed by atoms with van der Waals surface area (Å²) < 4.78 is 15.7. The summed E-state index contributed by atoms with van der Waals surface area (Å²) in [6.07, 6.45) is 1.60. The van der Waals surface area contributed by atoms with E-state index in [0.29, 0.717) is 22.7 Å². The van der Waals surface area contributed by atoms with Gasteiger partial charge < -0.3 is 24.5 Å². The summed E-state index contributed by atoms with van der Waals surface area (Å²) in [5.74, 6) is 0.852. The summed E-state index contributed by atoms with van der Waals surface area (Å²) in [5, 5.41) is 6.99. The molecule has 2 heterocycles. The summed E-state index contributed by atoms with van der Waals surface area (Å²) in [7, 11) is 1.60. The van der Waals surface area contributed by atoms with Gasteiger partial charge in [-0.3, -0.25) is 4.79 Å². The van der Waals surface area contributed by atoms with E-state index in [2.05, 4.69) is 5.32 Å². The third-order valence-corrected chi connectivity index (χ3v) is 5.08. The number of ether oxygens (including phenoxy) is 2. The number of nitrogens with one attached hydrogen (secondary N) is 1. The van der Waals surface area contributed by atoms with Crippen molar-refractivity contribution in [2.75, 3.05) is 25.6 Å². The average molecular weight is 415 g/mol. The number of hydrogen-bond donors (Lipinski definition) is 2. The third kappa shape index (κ3) is 5.24. The Morgan fingerprint density at radius 2 is 2.00 bits per heavy atom. The molecular formula is C21H23N2O5S+. The Bertz CT molecular complexity index is 948. The summed E-state index contributed by atoms with van der Waals surface area (Å²) in [6.45, 7) is 2.77. The van der Waals surface area contributed by atoms with Gasteiger partial charge in [-0.2, -0.15) is 0 Å². The van der Waals surface area contributed by atoms with Crippen LogP contribution in [0.3, 0.4) is 0 Å². The minimum atomic E-state index is -0.463. The molecule has 0 saturated carbocycles. The smallest absolute Gasteiger partial charge is 0.341 e. The van der Waals surface area contributed by atoms with Crippen LogP contribution in [0.15, 0.2) is 52.5 Å². The third-order valence-electron chi connectivity index (χ3n) is 4.18. The maximum atomic E-state index is 12.6. The lowest BCUT2D eigenvalue weighted by molar-refractivity contribution is -0.661. The number of nitrogens with two attached hydrogens (primary N) is 1. The van der Waals surface area contributed by atoms with Gasteiger partial charge in [0.25, 0.3) is 5.91 Å². The van der Waals surface area contributed by atoms with Gasteiger partial charge in [0.1, 0.15) is 22.9 Å². The standard InChI is InChI=1S/C21H22N2O5S/c1-3-27-21(25)19-17(14-6-8-15(26-2)9-7-14)13-29-20(19)23-18(24)12-22-11-16-5-4-10-28-16/h4-10,13,22H,3,11-12H2,1-2H3,(H,23,24)/p+1. The van der Waals surface area contributed by atoms with Crippen molar-refractivity contribution in [2.24, 2.45) is 0 Å². The van der Waals surface area contributed by atoms with Gasteiger partial charge in [0.2, 0.25) is 0 Å². The summed E-state index contributed by atoms with van der Waals surface area (Å²) in [4.78, 5) is 25.0. The number of rotatable bonds is 9. The van der Waals surface area contributed by atoms with Crippen molar-refractivity contribution in [3.8, 4) is 16.9 Å². The molecule has 3 aromatic rings. The minimum Gasteiger partial charge on any atom is -0.497 e. The Morgan fingerprint density at radius 3 is 2.66 bits per heavy atom. The number of amides is 1. The van der Waals surface area contributed by atoms with Crippen LogP contribution in [0.2, 0.25) is 0 Å². The van der Waals surface area contributed by atoms with Crippen LogP contribution in [0.4, 0.5) is 5.00 Å². The number of esters is 1. The van der Waals surface area contributed by atoms with Crippen LogP contribution < -0.4 is 15.4 Å². The molecule has 0 aliphatic carbocycles. The van der Waals surface area contributed by atoms with Crippen molar-refractivity contribution in [1.29, 1.82) is 0 Å². The molecule has 0 spiro atoms. The predicted octanol–water partition coefficient (Wildman–Crippen LogP) is 2.90. The Kier molecular flexibility index (Phi) is 7.04. The molecule has 3 N–H and O–H groups in total. The number of carbonyl (C=O) groups excluding carboxylic acids is 2. The normalized spacial score (nSPS) is 10.6. The Morgan fingerprint density at radius 1 is 1.21 bits per heavy atom. The van der Waals surface area contributed by atoms with E-state index in [-0.39, 0.29) is 19.1 Å². The fourth-order valence-corrected chi connectivity index (χ4v) is 3.76. The quantitative estimate of drug-likeness (QED) is 0.524. The number of benzene rings is 1. The molecule has 8 heteroatoms. The number of carbonyl (C=O) groups is 2. The molecule has 0 radical (unpaired) electrons. The monoisotopic (exact) mass is 415 g/mol. The molecule has 0 aliphatic rings. The van der Waals surface area contributed by atoms with E-state index in [9.17, 15) is 9.59 Å². The highest BCUT2D eigenvalue weighted by atomic mass is 32.1. The summed E-state index contributed by atoms with van der Waals surface area (Å²) >= 11 is 1.30. The second-order valence-electron chi connectivity index (χ2n) is 6.13. The molecule has 2 aromatic heterocycles.